The van der Waals surface area contributed by atoms with Crippen molar-refractivity contribution >= 4 is 11.7 Å². The number of carbonyl (C=O) groups is 1. The van der Waals surface area contributed by atoms with Crippen molar-refractivity contribution in [2.24, 2.45) is 0 Å². The minimum Gasteiger partial charge on any atom is -0.497 e. The molecule has 4 heterocycles. The minimum absolute atomic E-state index is 0.119. The van der Waals surface area contributed by atoms with Gasteiger partial charge >= 0.3 is 6.03 Å². The Hall–Kier alpha value is -3.50. The zero-order valence-electron chi connectivity index (χ0n) is 16.8. The van der Waals surface area contributed by atoms with E-state index in [2.05, 4.69) is 25.9 Å². The summed E-state index contributed by atoms with van der Waals surface area (Å²) in [5, 5.41) is 14.2. The highest BCUT2D eigenvalue weighted by Crippen LogP contribution is 2.34. The molecule has 0 radical (unpaired) electrons. The van der Waals surface area contributed by atoms with Crippen LogP contribution in [-0.4, -0.2) is 64.6 Å². The number of nitrogens with zero attached hydrogens (tertiary/aromatic N) is 4. The highest BCUT2D eigenvalue weighted by atomic mass is 16.6. The van der Waals surface area contributed by atoms with Gasteiger partial charge in [-0.1, -0.05) is 11.3 Å². The van der Waals surface area contributed by atoms with Crippen LogP contribution in [0.25, 0.3) is 11.4 Å². The number of pyridine rings is 1. The number of hydrogen-bond donors (Lipinski definition) is 2. The van der Waals surface area contributed by atoms with E-state index >= 15 is 0 Å². The highest BCUT2D eigenvalue weighted by molar-refractivity contribution is 5.89. The maximum atomic E-state index is 12.4. The van der Waals surface area contributed by atoms with Gasteiger partial charge in [0.25, 0.3) is 0 Å². The van der Waals surface area contributed by atoms with E-state index in [1.54, 1.807) is 42.3 Å². The Bertz CT molecular complexity index is 1040. The Morgan fingerprint density at radius 3 is 2.71 bits per heavy atom. The quantitative estimate of drug-likeness (QED) is 0.646. The van der Waals surface area contributed by atoms with Crippen LogP contribution < -0.4 is 15.4 Å². The third-order valence-electron chi connectivity index (χ3n) is 5.47. The predicted octanol–water partition coefficient (Wildman–Crippen LogP) is 1.88. The molecule has 0 spiro atoms. The molecule has 160 valence electrons. The summed E-state index contributed by atoms with van der Waals surface area (Å²) in [5.41, 5.74) is 2.12. The number of nitrogens with one attached hydrogen (secondary N) is 2. The summed E-state index contributed by atoms with van der Waals surface area (Å²) < 4.78 is 18.8. The molecule has 0 aliphatic carbocycles. The van der Waals surface area contributed by atoms with E-state index in [-0.39, 0.29) is 30.3 Å². The number of methoxy groups -OCH3 is 1. The zero-order chi connectivity index (χ0) is 21.2. The second-order valence-electron chi connectivity index (χ2n) is 7.40. The predicted molar refractivity (Wildman–Crippen MR) is 111 cm³/mol. The molecular formula is C21H22N6O4. The molecule has 10 heteroatoms. The molecule has 2 amide bonds. The van der Waals surface area contributed by atoms with Gasteiger partial charge in [0.05, 0.1) is 38.3 Å². The number of fused-ring (bicyclic) bond motifs is 1. The lowest BCUT2D eigenvalue weighted by Gasteiger charge is -2.18. The van der Waals surface area contributed by atoms with Gasteiger partial charge in [-0.15, -0.1) is 5.10 Å². The number of ether oxygens (including phenoxy) is 3. The first kappa shape index (κ1) is 19.5. The third-order valence-corrected chi connectivity index (χ3v) is 5.47. The van der Waals surface area contributed by atoms with E-state index in [1.165, 1.54) is 0 Å². The summed E-state index contributed by atoms with van der Waals surface area (Å²) in [7, 11) is 1.60. The molecule has 2 aliphatic rings. The fourth-order valence-electron chi connectivity index (χ4n) is 3.91. The first-order chi connectivity index (χ1) is 15.2. The standard InChI is InChI=1S/C21H22N6O4/c1-29-14-7-5-13(6-8-14)23-21(28)24-17-11-30-20-18(12-31-19(17)20)27-10-16(25-26-27)15-4-2-3-9-22-15/h2-10,17-20H,11-12H2,1H3,(H2,23,24,28). The first-order valence-electron chi connectivity index (χ1n) is 9.99. The van der Waals surface area contributed by atoms with E-state index in [0.717, 1.165) is 11.4 Å². The first-order valence-corrected chi connectivity index (χ1v) is 9.99. The molecule has 3 aromatic rings. The number of urea groups is 1. The number of aromatic nitrogens is 4. The van der Waals surface area contributed by atoms with Crippen LogP contribution in [0.4, 0.5) is 10.5 Å². The van der Waals surface area contributed by atoms with Crippen LogP contribution in [0.3, 0.4) is 0 Å². The van der Waals surface area contributed by atoms with Crippen molar-refractivity contribution in [3.8, 4) is 17.1 Å². The zero-order valence-corrected chi connectivity index (χ0v) is 16.8. The van der Waals surface area contributed by atoms with Gasteiger partial charge in [0.15, 0.2) is 0 Å². The summed E-state index contributed by atoms with van der Waals surface area (Å²) in [6, 6.07) is 12.1. The van der Waals surface area contributed by atoms with Crippen LogP contribution in [0.1, 0.15) is 6.04 Å². The van der Waals surface area contributed by atoms with Gasteiger partial charge in [0.2, 0.25) is 0 Å². The van der Waals surface area contributed by atoms with Crippen LogP contribution in [0.5, 0.6) is 5.75 Å². The van der Waals surface area contributed by atoms with Crippen LogP contribution in [0, 0.1) is 0 Å². The van der Waals surface area contributed by atoms with Gasteiger partial charge in [-0.2, -0.15) is 0 Å². The van der Waals surface area contributed by atoms with Crippen LogP contribution in [0.15, 0.2) is 54.9 Å². The molecule has 0 bridgehead atoms. The maximum absolute atomic E-state index is 12.4. The second-order valence-corrected chi connectivity index (χ2v) is 7.40. The summed E-state index contributed by atoms with van der Waals surface area (Å²) in [6.45, 7) is 0.794. The Balaban J connectivity index is 1.21. The number of anilines is 1. The van der Waals surface area contributed by atoms with E-state index in [1.807, 2.05) is 24.4 Å². The molecular weight excluding hydrogens is 400 g/mol. The summed E-state index contributed by atoms with van der Waals surface area (Å²) in [5.74, 6) is 0.725. The average molecular weight is 422 g/mol. The summed E-state index contributed by atoms with van der Waals surface area (Å²) >= 11 is 0. The van der Waals surface area contributed by atoms with E-state index < -0.39 is 0 Å². The number of amides is 2. The molecule has 2 saturated heterocycles. The average Bonchev–Trinajstić information content (AvgIpc) is 3.52. The Kier molecular flexibility index (Phi) is 5.23. The number of carbonyl (C=O) groups excluding carboxylic acids is 1. The molecule has 2 aliphatic heterocycles. The van der Waals surface area contributed by atoms with Crippen molar-refractivity contribution in [2.75, 3.05) is 25.6 Å². The molecule has 4 atom stereocenters. The van der Waals surface area contributed by atoms with Crippen LogP contribution in [0.2, 0.25) is 0 Å². The van der Waals surface area contributed by atoms with Crippen LogP contribution >= 0.6 is 0 Å². The summed E-state index contributed by atoms with van der Waals surface area (Å²) in [6.07, 6.45) is 3.09. The van der Waals surface area contributed by atoms with Crippen molar-refractivity contribution in [3.63, 3.8) is 0 Å². The Morgan fingerprint density at radius 1 is 1.10 bits per heavy atom. The molecule has 31 heavy (non-hydrogen) atoms. The fourth-order valence-corrected chi connectivity index (χ4v) is 3.91. The SMILES string of the molecule is COc1ccc(NC(=O)NC2COC3C2OCC3n2cc(-c3ccccn3)nn2)cc1. The molecule has 2 fully saturated rings. The fraction of sp³-hybridized carbons (Fsp3) is 0.333. The van der Waals surface area contributed by atoms with Crippen molar-refractivity contribution in [1.82, 2.24) is 25.3 Å². The van der Waals surface area contributed by atoms with E-state index in [0.29, 0.717) is 24.6 Å². The van der Waals surface area contributed by atoms with Crippen LogP contribution in [-0.2, 0) is 9.47 Å². The largest absolute Gasteiger partial charge is 0.497 e. The lowest BCUT2D eigenvalue weighted by molar-refractivity contribution is 0.0622. The van der Waals surface area contributed by atoms with Crippen molar-refractivity contribution in [1.29, 1.82) is 0 Å². The third kappa shape index (κ3) is 3.94. The van der Waals surface area contributed by atoms with Crippen molar-refractivity contribution < 1.29 is 19.0 Å². The number of rotatable bonds is 5. The van der Waals surface area contributed by atoms with Crippen molar-refractivity contribution in [3.05, 3.63) is 54.9 Å². The van der Waals surface area contributed by atoms with Crippen molar-refractivity contribution in [2.45, 2.75) is 24.3 Å². The lowest BCUT2D eigenvalue weighted by Crippen LogP contribution is -2.45. The molecule has 2 aromatic heterocycles. The molecule has 2 N–H and O–H groups in total. The topological polar surface area (TPSA) is 112 Å². The maximum Gasteiger partial charge on any atom is 0.319 e. The second kappa shape index (κ2) is 8.32. The number of hydrogen-bond acceptors (Lipinski definition) is 7. The summed E-state index contributed by atoms with van der Waals surface area (Å²) in [4.78, 5) is 16.7. The van der Waals surface area contributed by atoms with Gasteiger partial charge in [-0.25, -0.2) is 9.48 Å². The molecule has 1 aromatic carbocycles. The highest BCUT2D eigenvalue weighted by Gasteiger charge is 2.49. The molecule has 10 nitrogen and oxygen atoms in total. The lowest BCUT2D eigenvalue weighted by atomic mass is 10.1. The minimum atomic E-state index is -0.315. The molecule has 0 saturated carbocycles. The van der Waals surface area contributed by atoms with Gasteiger partial charge in [-0.05, 0) is 36.4 Å². The molecule has 5 rings (SSSR count). The van der Waals surface area contributed by atoms with Gasteiger partial charge in [-0.3, -0.25) is 4.98 Å². The monoisotopic (exact) mass is 422 g/mol. The smallest absolute Gasteiger partial charge is 0.319 e. The Labute approximate surface area is 178 Å². The van der Waals surface area contributed by atoms with E-state index in [4.69, 9.17) is 14.2 Å². The normalized spacial score (nSPS) is 24.5. The molecule has 4 unspecified atom stereocenters. The van der Waals surface area contributed by atoms with E-state index in [9.17, 15) is 4.79 Å². The van der Waals surface area contributed by atoms with Gasteiger partial charge in [0.1, 0.15) is 29.7 Å². The number of benzene rings is 1. The Morgan fingerprint density at radius 2 is 1.94 bits per heavy atom. The van der Waals surface area contributed by atoms with Gasteiger partial charge < -0.3 is 24.8 Å². The van der Waals surface area contributed by atoms with Gasteiger partial charge in [0, 0.05) is 11.9 Å².